The number of thioether (sulfide) groups is 1. The Morgan fingerprint density at radius 2 is 1.45 bits per heavy atom. The maximum Gasteiger partial charge on any atom is 0.443 e. The van der Waals surface area contributed by atoms with E-state index in [4.69, 9.17) is 0 Å². The molecule has 0 bridgehead atoms. The Labute approximate surface area is 159 Å². The van der Waals surface area contributed by atoms with E-state index in [0.717, 1.165) is 0 Å². The second-order valence-electron chi connectivity index (χ2n) is 5.69. The lowest BCUT2D eigenvalue weighted by atomic mass is 9.97. The summed E-state index contributed by atoms with van der Waals surface area (Å²) in [7, 11) is 0. The Hall–Kier alpha value is -2.25. The molecule has 0 saturated carbocycles. The monoisotopic (exact) mass is 454 g/mol. The predicted octanol–water partition coefficient (Wildman–Crippen LogP) is 5.43. The number of carbonyl (C=O) groups excluding carboxylic acids is 1. The molecule has 0 saturated heterocycles. The molecule has 2 rings (SSSR count). The molecule has 0 fully saturated rings. The molecule has 1 heterocycles. The van der Waals surface area contributed by atoms with E-state index in [2.05, 4.69) is 4.99 Å². The van der Waals surface area contributed by atoms with Gasteiger partial charge in [-0.15, -0.1) is 0 Å². The summed E-state index contributed by atoms with van der Waals surface area (Å²) in [6.45, 7) is 1.62. The molecule has 14 heteroatoms. The van der Waals surface area contributed by atoms with Gasteiger partial charge in [0.2, 0.25) is 5.83 Å². The number of amides is 1. The molecule has 1 aliphatic heterocycles. The zero-order valence-electron chi connectivity index (χ0n) is 13.9. The first-order valence-electron chi connectivity index (χ1n) is 7.27. The first kappa shape index (κ1) is 23.0. The van der Waals surface area contributed by atoms with Gasteiger partial charge in [-0.25, -0.2) is 9.38 Å². The maximum atomic E-state index is 13.6. The van der Waals surface area contributed by atoms with Gasteiger partial charge in [0.25, 0.3) is 11.4 Å². The van der Waals surface area contributed by atoms with Crippen LogP contribution < -0.4 is 5.32 Å². The molecule has 1 N–H and O–H groups in total. The minimum Gasteiger partial charge on any atom is -0.301 e. The molecule has 0 spiro atoms. The summed E-state index contributed by atoms with van der Waals surface area (Å²) < 4.78 is 131. The number of benzene rings is 1. The van der Waals surface area contributed by atoms with Gasteiger partial charge in [0.1, 0.15) is 0 Å². The Morgan fingerprint density at radius 1 is 0.966 bits per heavy atom. The minimum atomic E-state index is -6.48. The predicted molar refractivity (Wildman–Crippen MR) is 82.7 cm³/mol. The number of carbonyl (C=O) groups is 1. The Kier molecular flexibility index (Phi) is 5.73. The summed E-state index contributed by atoms with van der Waals surface area (Å²) in [5.74, 6) is -4.86. The number of alkyl halides is 9. The number of nitrogens with zero attached hydrogens (tertiary/aromatic N) is 1. The van der Waals surface area contributed by atoms with Crippen molar-refractivity contribution in [3.8, 4) is 0 Å². The molecule has 1 aromatic carbocycles. The molecule has 0 atom stereocenters. The van der Waals surface area contributed by atoms with Gasteiger partial charge in [0, 0.05) is 5.56 Å². The summed E-state index contributed by atoms with van der Waals surface area (Å²) in [6, 6.07) is 5.11. The molecular formula is C15H8F10N2OS. The van der Waals surface area contributed by atoms with E-state index in [9.17, 15) is 48.7 Å². The van der Waals surface area contributed by atoms with Gasteiger partial charge in [0.15, 0.2) is 5.17 Å². The van der Waals surface area contributed by atoms with E-state index in [1.807, 2.05) is 0 Å². The second-order valence-corrected chi connectivity index (χ2v) is 6.69. The van der Waals surface area contributed by atoms with Gasteiger partial charge < -0.3 is 5.32 Å². The van der Waals surface area contributed by atoms with Gasteiger partial charge >= 0.3 is 18.5 Å². The molecule has 1 amide bonds. The van der Waals surface area contributed by atoms with Crippen LogP contribution in [0.5, 0.6) is 0 Å². The lowest BCUT2D eigenvalue weighted by molar-refractivity contribution is -0.280. The fourth-order valence-electron chi connectivity index (χ4n) is 2.20. The van der Waals surface area contributed by atoms with Crippen LogP contribution in [-0.4, -0.2) is 35.1 Å². The van der Waals surface area contributed by atoms with Crippen molar-refractivity contribution in [3.05, 3.63) is 46.1 Å². The van der Waals surface area contributed by atoms with Crippen LogP contribution in [0.1, 0.15) is 15.9 Å². The van der Waals surface area contributed by atoms with Crippen molar-refractivity contribution in [2.75, 3.05) is 0 Å². The van der Waals surface area contributed by atoms with Crippen LogP contribution in [0, 0.1) is 6.92 Å². The number of hydrogen-bond donors (Lipinski definition) is 1. The van der Waals surface area contributed by atoms with E-state index in [0.29, 0.717) is 5.56 Å². The first-order valence-corrected chi connectivity index (χ1v) is 8.09. The maximum absolute atomic E-state index is 13.6. The van der Waals surface area contributed by atoms with Crippen LogP contribution in [0.15, 0.2) is 40.0 Å². The van der Waals surface area contributed by atoms with Crippen LogP contribution in [0.2, 0.25) is 0 Å². The van der Waals surface area contributed by atoms with Gasteiger partial charge in [-0.2, -0.15) is 39.5 Å². The summed E-state index contributed by atoms with van der Waals surface area (Å²) in [5.41, 5.74) is -5.07. The molecular weight excluding hydrogens is 446 g/mol. The van der Waals surface area contributed by atoms with E-state index < -0.39 is 57.6 Å². The average molecular weight is 454 g/mol. The number of rotatable bonds is 1. The van der Waals surface area contributed by atoms with Crippen molar-refractivity contribution in [2.24, 2.45) is 4.99 Å². The zero-order valence-corrected chi connectivity index (χ0v) is 14.7. The number of aliphatic imine (C=N–C) groups is 1. The highest BCUT2D eigenvalue weighted by molar-refractivity contribution is 8.17. The van der Waals surface area contributed by atoms with E-state index in [1.54, 1.807) is 12.2 Å². The zero-order chi connectivity index (χ0) is 22.4. The minimum absolute atomic E-state index is 0.225. The van der Waals surface area contributed by atoms with Crippen LogP contribution in [0.4, 0.5) is 43.9 Å². The molecule has 0 aromatic heterocycles. The van der Waals surface area contributed by atoms with E-state index >= 15 is 0 Å². The lowest BCUT2D eigenvalue weighted by Gasteiger charge is -2.31. The molecule has 0 radical (unpaired) electrons. The summed E-state index contributed by atoms with van der Waals surface area (Å²) >= 11 is -0.905. The van der Waals surface area contributed by atoms with Crippen molar-refractivity contribution in [1.82, 2.24) is 5.32 Å². The molecule has 29 heavy (non-hydrogen) atoms. The average Bonchev–Trinajstić information content (AvgIpc) is 2.94. The molecule has 0 unspecified atom stereocenters. The van der Waals surface area contributed by atoms with Crippen molar-refractivity contribution < 1.29 is 48.7 Å². The van der Waals surface area contributed by atoms with Crippen molar-refractivity contribution in [1.29, 1.82) is 0 Å². The van der Waals surface area contributed by atoms with Gasteiger partial charge in [-0.1, -0.05) is 29.5 Å². The smallest absolute Gasteiger partial charge is 0.301 e. The Balaban J connectivity index is 2.59. The molecule has 160 valence electrons. The third kappa shape index (κ3) is 4.21. The molecule has 3 nitrogen and oxygen atoms in total. The fraction of sp³-hybridized carbons (Fsp3) is 0.333. The quantitative estimate of drug-likeness (QED) is 0.575. The highest BCUT2D eigenvalue weighted by Crippen LogP contribution is 2.59. The van der Waals surface area contributed by atoms with Crippen LogP contribution in [0.25, 0.3) is 0 Å². The van der Waals surface area contributed by atoms with Crippen molar-refractivity contribution in [3.63, 3.8) is 0 Å². The van der Waals surface area contributed by atoms with Crippen molar-refractivity contribution in [2.45, 2.75) is 31.0 Å². The highest BCUT2D eigenvalue weighted by Gasteiger charge is 2.77. The fourth-order valence-corrected chi connectivity index (χ4v) is 3.35. The van der Waals surface area contributed by atoms with Crippen LogP contribution in [-0.2, 0) is 0 Å². The van der Waals surface area contributed by atoms with E-state index in [1.165, 1.54) is 24.3 Å². The number of aryl methyl sites for hydroxylation is 1. The lowest BCUT2D eigenvalue weighted by Crippen LogP contribution is -2.55. The summed E-state index contributed by atoms with van der Waals surface area (Å²) in [4.78, 5) is 11.5. The third-order valence-corrected chi connectivity index (χ3v) is 4.66. The normalized spacial score (nSPS) is 19.1. The number of nitrogens with one attached hydrogen (secondary N) is 1. The number of hydrogen-bond acceptors (Lipinski definition) is 3. The number of allylic oxidation sites excluding steroid dienone is 1. The standard InChI is InChI=1S/C15H8F10N2OS/c1-6-2-4-7(5-3-6)10(28)26-11-27-12(14(20,21)22,15(23,24)25)9(29-11)8(16)13(17,18)19/h2-5H,1H3,(H,26,27,28)/b9-8+. The Bertz CT molecular complexity index is 851. The Morgan fingerprint density at radius 3 is 1.86 bits per heavy atom. The summed E-state index contributed by atoms with van der Waals surface area (Å²) in [6.07, 6.45) is -19.1. The van der Waals surface area contributed by atoms with E-state index in [-0.39, 0.29) is 5.56 Å². The van der Waals surface area contributed by atoms with Gasteiger partial charge in [-0.3, -0.25) is 4.79 Å². The molecule has 1 aliphatic rings. The number of halogens is 10. The van der Waals surface area contributed by atoms with Crippen molar-refractivity contribution >= 4 is 22.8 Å². The first-order chi connectivity index (χ1) is 13.0. The SMILES string of the molecule is Cc1ccc(C(=O)NC2=NC(C(F)(F)F)(C(F)(F)F)/C(=C(\F)C(F)(F)F)S2)cc1. The van der Waals surface area contributed by atoms with Gasteiger partial charge in [-0.05, 0) is 19.1 Å². The highest BCUT2D eigenvalue weighted by atomic mass is 32.2. The largest absolute Gasteiger partial charge is 0.443 e. The molecule has 0 aliphatic carbocycles. The number of amidine groups is 1. The second kappa shape index (κ2) is 7.22. The third-order valence-electron chi connectivity index (χ3n) is 3.60. The van der Waals surface area contributed by atoms with Gasteiger partial charge in [0.05, 0.1) is 4.91 Å². The van der Waals surface area contributed by atoms with Crippen LogP contribution in [0.3, 0.4) is 0 Å². The topological polar surface area (TPSA) is 41.5 Å². The van der Waals surface area contributed by atoms with Crippen LogP contribution >= 0.6 is 11.8 Å². The summed E-state index contributed by atoms with van der Waals surface area (Å²) in [5, 5.41) is 0.0693. The molecule has 1 aromatic rings.